The third-order valence-corrected chi connectivity index (χ3v) is 6.10. The van der Waals surface area contributed by atoms with Crippen LogP contribution in [0.1, 0.15) is 27.2 Å². The first-order valence-corrected chi connectivity index (χ1v) is 10.9. The zero-order chi connectivity index (χ0) is 21.9. The van der Waals surface area contributed by atoms with Gasteiger partial charge < -0.3 is 26.4 Å². The number of nitrogen functional groups attached to an aromatic ring is 2. The molecule has 162 valence electrons. The Labute approximate surface area is 185 Å². The number of amides is 1. The van der Waals surface area contributed by atoms with Gasteiger partial charge in [0, 0.05) is 24.5 Å². The molecule has 1 aromatic carbocycles. The summed E-state index contributed by atoms with van der Waals surface area (Å²) in [6.07, 6.45) is 2.25. The van der Waals surface area contributed by atoms with E-state index in [4.69, 9.17) is 27.8 Å². The number of carbonyl (C=O) groups excluding carboxylic acids is 1. The highest BCUT2D eigenvalue weighted by Crippen LogP contribution is 2.37. The summed E-state index contributed by atoms with van der Waals surface area (Å²) in [5, 5.41) is 3.89. The van der Waals surface area contributed by atoms with Gasteiger partial charge in [0.15, 0.2) is 5.82 Å². The zero-order valence-corrected chi connectivity index (χ0v) is 18.9. The summed E-state index contributed by atoms with van der Waals surface area (Å²) in [6, 6.07) is 5.43. The molecule has 2 heterocycles. The van der Waals surface area contributed by atoms with Crippen LogP contribution in [0, 0.1) is 5.92 Å². The van der Waals surface area contributed by atoms with Crippen molar-refractivity contribution >= 4 is 46.8 Å². The van der Waals surface area contributed by atoms with Crippen molar-refractivity contribution in [3.05, 3.63) is 29.4 Å². The van der Waals surface area contributed by atoms with Gasteiger partial charge in [0.05, 0.1) is 16.9 Å². The highest BCUT2D eigenvalue weighted by molar-refractivity contribution is 7.99. The van der Waals surface area contributed by atoms with Crippen molar-refractivity contribution in [2.45, 2.75) is 42.7 Å². The first kappa shape index (κ1) is 22.3. The number of nitrogens with one attached hydrogen (secondary N) is 1. The number of alkyl carbamates (subject to hydrolysis) is 1. The van der Waals surface area contributed by atoms with E-state index in [2.05, 4.69) is 20.2 Å². The van der Waals surface area contributed by atoms with Gasteiger partial charge in [-0.25, -0.2) is 14.8 Å². The molecule has 5 N–H and O–H groups in total. The van der Waals surface area contributed by atoms with Crippen molar-refractivity contribution in [1.82, 2.24) is 15.3 Å². The molecule has 1 aliphatic rings. The molecule has 0 aliphatic carbocycles. The van der Waals surface area contributed by atoms with Crippen LogP contribution < -0.4 is 21.7 Å². The molecule has 1 saturated heterocycles. The molecule has 1 atom stereocenters. The average molecular weight is 451 g/mol. The van der Waals surface area contributed by atoms with E-state index in [-0.39, 0.29) is 0 Å². The number of hydrogen-bond donors (Lipinski definition) is 3. The Morgan fingerprint density at radius 3 is 2.87 bits per heavy atom. The molecule has 1 unspecified atom stereocenters. The zero-order valence-electron chi connectivity index (χ0n) is 17.3. The van der Waals surface area contributed by atoms with E-state index in [1.165, 1.54) is 11.8 Å². The Morgan fingerprint density at radius 2 is 2.17 bits per heavy atom. The summed E-state index contributed by atoms with van der Waals surface area (Å²) in [5.74, 6) is 1.36. The molecule has 8 nitrogen and oxygen atoms in total. The second kappa shape index (κ2) is 9.18. The number of rotatable bonds is 5. The number of benzene rings is 1. The molecule has 3 rings (SSSR count). The van der Waals surface area contributed by atoms with Crippen molar-refractivity contribution in [2.75, 3.05) is 36.0 Å². The van der Waals surface area contributed by atoms with Gasteiger partial charge in [-0.3, -0.25) is 0 Å². The predicted molar refractivity (Wildman–Crippen MR) is 121 cm³/mol. The van der Waals surface area contributed by atoms with E-state index in [0.717, 1.165) is 30.2 Å². The number of hydrogen-bond acceptors (Lipinski definition) is 8. The molecule has 10 heteroatoms. The smallest absolute Gasteiger partial charge is 0.407 e. The molecule has 1 aromatic heterocycles. The minimum atomic E-state index is -0.506. The highest BCUT2D eigenvalue weighted by atomic mass is 35.5. The number of ether oxygens (including phenoxy) is 1. The molecule has 0 bridgehead atoms. The van der Waals surface area contributed by atoms with E-state index in [0.29, 0.717) is 34.0 Å². The molecule has 1 amide bonds. The van der Waals surface area contributed by atoms with Crippen LogP contribution in [0.3, 0.4) is 0 Å². The first-order chi connectivity index (χ1) is 14.1. The Bertz CT molecular complexity index is 921. The minimum Gasteiger partial charge on any atom is -0.444 e. The Balaban J connectivity index is 1.58. The fourth-order valence-corrected chi connectivity index (χ4v) is 4.13. The second-order valence-electron chi connectivity index (χ2n) is 8.16. The molecule has 0 spiro atoms. The van der Waals surface area contributed by atoms with E-state index >= 15 is 0 Å². The van der Waals surface area contributed by atoms with Crippen LogP contribution in [0.25, 0.3) is 0 Å². The Kier molecular flexibility index (Phi) is 6.82. The normalized spacial score (nSPS) is 16.5. The SMILES string of the molecule is CC(C)(C)OC(=O)NCC1CCN(c2cnc(Sc3cccc(N)c3Cl)c(N)n2)C1. The van der Waals surface area contributed by atoms with Gasteiger partial charge in [0.1, 0.15) is 16.4 Å². The third-order valence-electron chi connectivity index (χ3n) is 4.49. The van der Waals surface area contributed by atoms with Gasteiger partial charge in [-0.05, 0) is 45.2 Å². The van der Waals surface area contributed by atoms with Gasteiger partial charge >= 0.3 is 6.09 Å². The maximum absolute atomic E-state index is 11.8. The van der Waals surface area contributed by atoms with Crippen molar-refractivity contribution in [3.8, 4) is 0 Å². The van der Waals surface area contributed by atoms with Gasteiger partial charge in [-0.15, -0.1) is 0 Å². The van der Waals surface area contributed by atoms with Gasteiger partial charge in [0.25, 0.3) is 0 Å². The summed E-state index contributed by atoms with van der Waals surface area (Å²) in [6.45, 7) is 7.66. The van der Waals surface area contributed by atoms with Crippen LogP contribution in [0.15, 0.2) is 34.3 Å². The quantitative estimate of drug-likeness (QED) is 0.588. The largest absolute Gasteiger partial charge is 0.444 e. The van der Waals surface area contributed by atoms with E-state index in [1.54, 1.807) is 12.3 Å². The van der Waals surface area contributed by atoms with Gasteiger partial charge in [-0.1, -0.05) is 29.4 Å². The van der Waals surface area contributed by atoms with E-state index in [9.17, 15) is 4.79 Å². The lowest BCUT2D eigenvalue weighted by molar-refractivity contribution is 0.0520. The summed E-state index contributed by atoms with van der Waals surface area (Å²) in [4.78, 5) is 23.7. The van der Waals surface area contributed by atoms with E-state index in [1.807, 2.05) is 32.9 Å². The van der Waals surface area contributed by atoms with E-state index < -0.39 is 11.7 Å². The Hall–Kier alpha value is -2.39. The molecule has 1 fully saturated rings. The van der Waals surface area contributed by atoms with Crippen LogP contribution in [0.4, 0.5) is 22.1 Å². The van der Waals surface area contributed by atoms with Crippen molar-refractivity contribution < 1.29 is 9.53 Å². The lowest BCUT2D eigenvalue weighted by atomic mass is 10.1. The third kappa shape index (κ3) is 5.82. The molecule has 1 aliphatic heterocycles. The number of carbonyl (C=O) groups is 1. The highest BCUT2D eigenvalue weighted by Gasteiger charge is 2.25. The molecule has 2 aromatic rings. The Morgan fingerprint density at radius 1 is 1.40 bits per heavy atom. The lowest BCUT2D eigenvalue weighted by Crippen LogP contribution is -2.36. The summed E-state index contributed by atoms with van der Waals surface area (Å²) in [5.41, 5.74) is 12.0. The topological polar surface area (TPSA) is 119 Å². The van der Waals surface area contributed by atoms with Crippen LogP contribution in [0.2, 0.25) is 5.02 Å². The molecular weight excluding hydrogens is 424 g/mol. The summed E-state index contributed by atoms with van der Waals surface area (Å²) >= 11 is 7.58. The van der Waals surface area contributed by atoms with Crippen LogP contribution in [-0.4, -0.2) is 41.3 Å². The molecular formula is C20H27ClN6O2S. The van der Waals surface area contributed by atoms with Crippen molar-refractivity contribution in [2.24, 2.45) is 5.92 Å². The molecule has 30 heavy (non-hydrogen) atoms. The standard InChI is InChI=1S/C20H27ClN6O2S/c1-20(2,3)29-19(28)25-9-12-7-8-27(11-12)15-10-24-18(17(23)26-15)30-14-6-4-5-13(22)16(14)21/h4-6,10,12H,7-9,11,22H2,1-3H3,(H2,23,26)(H,25,28). The maximum Gasteiger partial charge on any atom is 0.407 e. The summed E-state index contributed by atoms with van der Waals surface area (Å²) < 4.78 is 5.28. The lowest BCUT2D eigenvalue weighted by Gasteiger charge is -2.21. The number of nitrogens with zero attached hydrogens (tertiary/aromatic N) is 3. The van der Waals surface area contributed by atoms with Crippen LogP contribution in [-0.2, 0) is 4.74 Å². The van der Waals surface area contributed by atoms with Gasteiger partial charge in [-0.2, -0.15) is 0 Å². The molecule has 0 saturated carbocycles. The maximum atomic E-state index is 11.8. The van der Waals surface area contributed by atoms with Crippen molar-refractivity contribution in [1.29, 1.82) is 0 Å². The minimum absolute atomic E-state index is 0.306. The fraction of sp³-hybridized carbons (Fsp3) is 0.450. The number of anilines is 3. The average Bonchev–Trinajstić information content (AvgIpc) is 3.13. The molecule has 0 radical (unpaired) electrons. The van der Waals surface area contributed by atoms with Crippen molar-refractivity contribution in [3.63, 3.8) is 0 Å². The fourth-order valence-electron chi connectivity index (χ4n) is 3.07. The van der Waals surface area contributed by atoms with Crippen LogP contribution in [0.5, 0.6) is 0 Å². The number of aromatic nitrogens is 2. The second-order valence-corrected chi connectivity index (χ2v) is 9.57. The number of halogens is 1. The van der Waals surface area contributed by atoms with Crippen LogP contribution >= 0.6 is 23.4 Å². The first-order valence-electron chi connectivity index (χ1n) is 9.68. The predicted octanol–water partition coefficient (Wildman–Crippen LogP) is 3.80. The van der Waals surface area contributed by atoms with Gasteiger partial charge in [0.2, 0.25) is 0 Å². The summed E-state index contributed by atoms with van der Waals surface area (Å²) in [7, 11) is 0. The monoisotopic (exact) mass is 450 g/mol. The number of nitrogens with two attached hydrogens (primary N) is 2.